The number of hydrogen-bond donors (Lipinski definition) is 3. The summed E-state index contributed by atoms with van der Waals surface area (Å²) in [5.74, 6) is 5.88. The molecule has 5 N–H and O–H groups in total. The van der Waals surface area contributed by atoms with Gasteiger partial charge in [-0.25, -0.2) is 11.0 Å². The van der Waals surface area contributed by atoms with Crippen LogP contribution in [-0.4, -0.2) is 31.2 Å². The normalized spacial score (nSPS) is 12.1. The number of amidine groups is 1. The molecule has 0 amide bonds. The zero-order chi connectivity index (χ0) is 19.2. The monoisotopic (exact) mass is 367 g/mol. The van der Waals surface area contributed by atoms with Crippen LogP contribution in [0.4, 0.5) is 24.5 Å². The third kappa shape index (κ3) is 5.36. The number of hydrogen-bond acceptors (Lipinski definition) is 5. The van der Waals surface area contributed by atoms with E-state index in [0.29, 0.717) is 30.1 Å². The smallest absolute Gasteiger partial charge is 0.383 e. The Morgan fingerprint density at radius 3 is 2.42 bits per heavy atom. The number of alkyl halides is 3. The number of rotatable bonds is 7. The zero-order valence-electron chi connectivity index (χ0n) is 14.1. The second-order valence-corrected chi connectivity index (χ2v) is 5.39. The van der Waals surface area contributed by atoms with Crippen LogP contribution in [0.1, 0.15) is 11.1 Å². The van der Waals surface area contributed by atoms with Gasteiger partial charge in [-0.05, 0) is 36.4 Å². The maximum absolute atomic E-state index is 12.6. The third-order valence-electron chi connectivity index (χ3n) is 3.45. The van der Waals surface area contributed by atoms with Crippen molar-refractivity contribution in [2.45, 2.75) is 6.18 Å². The number of methoxy groups -OCH3 is 1. The summed E-state index contributed by atoms with van der Waals surface area (Å²) in [5.41, 5.74) is 6.94. The number of nitrogens with one attached hydrogen (secondary N) is 1. The maximum Gasteiger partial charge on any atom is 0.416 e. The molecular formula is C17H20F3N5O. The average molecular weight is 367 g/mol. The number of para-hydroxylation sites is 1. The minimum Gasteiger partial charge on any atom is -0.383 e. The Labute approximate surface area is 149 Å². The first-order valence-electron chi connectivity index (χ1n) is 7.70. The Kier molecular flexibility index (Phi) is 6.42. The molecule has 0 atom stereocenters. The van der Waals surface area contributed by atoms with Crippen molar-refractivity contribution in [2.24, 2.45) is 16.7 Å². The Bertz CT molecular complexity index is 747. The first-order chi connectivity index (χ1) is 12.3. The lowest BCUT2D eigenvalue weighted by atomic mass is 10.1. The fourth-order valence-electron chi connectivity index (χ4n) is 2.14. The molecule has 6 nitrogen and oxygen atoms in total. The van der Waals surface area contributed by atoms with E-state index >= 15 is 0 Å². The van der Waals surface area contributed by atoms with Crippen LogP contribution in [0, 0.1) is 0 Å². The molecule has 2 aromatic rings. The minimum absolute atomic E-state index is 0.165. The molecule has 2 aromatic carbocycles. The lowest BCUT2D eigenvalue weighted by Gasteiger charge is -2.16. The largest absolute Gasteiger partial charge is 0.416 e. The van der Waals surface area contributed by atoms with Crippen LogP contribution in [0.3, 0.4) is 0 Å². The summed E-state index contributed by atoms with van der Waals surface area (Å²) in [6.45, 7) is 0.741. The van der Waals surface area contributed by atoms with Gasteiger partial charge in [0.25, 0.3) is 0 Å². The van der Waals surface area contributed by atoms with E-state index in [1.165, 1.54) is 12.1 Å². The quantitative estimate of drug-likeness (QED) is 0.303. The molecule has 9 heteroatoms. The molecule has 0 unspecified atom stereocenters. The van der Waals surface area contributed by atoms with Gasteiger partial charge in [0.1, 0.15) is 0 Å². The topological polar surface area (TPSA) is 88.9 Å². The van der Waals surface area contributed by atoms with Crippen molar-refractivity contribution in [2.75, 3.05) is 25.6 Å². The van der Waals surface area contributed by atoms with E-state index in [1.54, 1.807) is 31.4 Å². The Hall–Kier alpha value is -2.78. The number of hydrazine groups is 1. The van der Waals surface area contributed by atoms with Gasteiger partial charge in [0.2, 0.25) is 0 Å². The van der Waals surface area contributed by atoms with Crippen molar-refractivity contribution < 1.29 is 17.9 Å². The Morgan fingerprint density at radius 1 is 1.15 bits per heavy atom. The van der Waals surface area contributed by atoms with Gasteiger partial charge in [-0.15, -0.1) is 5.10 Å². The van der Waals surface area contributed by atoms with Crippen LogP contribution in [0.15, 0.2) is 53.6 Å². The molecule has 26 heavy (non-hydrogen) atoms. The zero-order valence-corrected chi connectivity index (χ0v) is 14.1. The molecule has 0 saturated carbocycles. The fraction of sp³-hybridized carbons (Fsp3) is 0.235. The summed E-state index contributed by atoms with van der Waals surface area (Å²) in [5, 5.41) is 8.27. The van der Waals surface area contributed by atoms with E-state index in [1.807, 2.05) is 0 Å². The van der Waals surface area contributed by atoms with Crippen LogP contribution in [0.25, 0.3) is 0 Å². The number of halogens is 3. The lowest BCUT2D eigenvalue weighted by molar-refractivity contribution is -0.137. The van der Waals surface area contributed by atoms with Crippen LogP contribution in [-0.2, 0) is 10.9 Å². The third-order valence-corrected chi connectivity index (χ3v) is 3.45. The summed E-state index contributed by atoms with van der Waals surface area (Å²) in [4.78, 5) is 0. The van der Waals surface area contributed by atoms with Gasteiger partial charge in [0.15, 0.2) is 5.84 Å². The molecule has 0 saturated heterocycles. The average Bonchev–Trinajstić information content (AvgIpc) is 2.60. The summed E-state index contributed by atoms with van der Waals surface area (Å²) in [6.07, 6.45) is -4.37. The standard InChI is InChI=1S/C17H20F3N5O/c1-26-11-10-25(22)24-16(21)14-4-2-3-5-15(14)23-13-8-6-12(7-9-13)17(18,19)20/h2-9,23H,10-11,22H2,1H3,(H2,21,24). The van der Waals surface area contributed by atoms with Crippen molar-refractivity contribution >= 4 is 17.2 Å². The summed E-state index contributed by atoms with van der Waals surface area (Å²) >= 11 is 0. The van der Waals surface area contributed by atoms with E-state index < -0.39 is 11.7 Å². The molecule has 0 aliphatic heterocycles. The molecule has 0 aliphatic carbocycles. The maximum atomic E-state index is 12.6. The molecule has 0 radical (unpaired) electrons. The van der Waals surface area contributed by atoms with Gasteiger partial charge >= 0.3 is 6.18 Å². The van der Waals surface area contributed by atoms with Crippen LogP contribution in [0.5, 0.6) is 0 Å². The van der Waals surface area contributed by atoms with Crippen molar-refractivity contribution in [1.82, 2.24) is 5.12 Å². The highest BCUT2D eigenvalue weighted by molar-refractivity contribution is 6.02. The molecule has 0 bridgehead atoms. The highest BCUT2D eigenvalue weighted by Crippen LogP contribution is 2.30. The van der Waals surface area contributed by atoms with E-state index in [2.05, 4.69) is 10.4 Å². The molecule has 140 valence electrons. The van der Waals surface area contributed by atoms with E-state index in [9.17, 15) is 13.2 Å². The lowest BCUT2D eigenvalue weighted by Crippen LogP contribution is -2.32. The molecule has 0 spiro atoms. The summed E-state index contributed by atoms with van der Waals surface area (Å²) in [6, 6.07) is 11.7. The second kappa shape index (κ2) is 8.54. The van der Waals surface area contributed by atoms with Crippen molar-refractivity contribution in [1.29, 1.82) is 0 Å². The van der Waals surface area contributed by atoms with Gasteiger partial charge in [-0.1, -0.05) is 12.1 Å². The molecule has 2 rings (SSSR count). The number of hydrazone groups is 1. The van der Waals surface area contributed by atoms with Gasteiger partial charge in [0, 0.05) is 24.0 Å². The van der Waals surface area contributed by atoms with E-state index in [4.69, 9.17) is 16.3 Å². The van der Waals surface area contributed by atoms with Gasteiger partial charge < -0.3 is 15.8 Å². The fourth-order valence-corrected chi connectivity index (χ4v) is 2.14. The summed E-state index contributed by atoms with van der Waals surface area (Å²) in [7, 11) is 1.55. The van der Waals surface area contributed by atoms with Crippen LogP contribution < -0.4 is 16.9 Å². The molecule has 0 aliphatic rings. The number of ether oxygens (including phenoxy) is 1. The molecule has 0 aromatic heterocycles. The first kappa shape index (κ1) is 19.5. The van der Waals surface area contributed by atoms with Gasteiger partial charge in [0.05, 0.1) is 18.7 Å². The molecular weight excluding hydrogens is 347 g/mol. The minimum atomic E-state index is -4.37. The predicted octanol–water partition coefficient (Wildman–Crippen LogP) is 2.89. The first-order valence-corrected chi connectivity index (χ1v) is 7.70. The van der Waals surface area contributed by atoms with Crippen molar-refractivity contribution in [3.8, 4) is 0 Å². The number of nitrogens with zero attached hydrogens (tertiary/aromatic N) is 2. The number of nitrogens with two attached hydrogens (primary N) is 2. The van der Waals surface area contributed by atoms with Gasteiger partial charge in [-0.2, -0.15) is 13.2 Å². The molecule has 0 heterocycles. The van der Waals surface area contributed by atoms with Crippen LogP contribution >= 0.6 is 0 Å². The van der Waals surface area contributed by atoms with E-state index in [-0.39, 0.29) is 5.84 Å². The Morgan fingerprint density at radius 2 is 1.81 bits per heavy atom. The highest BCUT2D eigenvalue weighted by Gasteiger charge is 2.29. The number of anilines is 2. The van der Waals surface area contributed by atoms with Crippen LogP contribution in [0.2, 0.25) is 0 Å². The SMILES string of the molecule is COCCN(N)/N=C(\N)c1ccccc1Nc1ccc(C(F)(F)F)cc1. The summed E-state index contributed by atoms with van der Waals surface area (Å²) < 4.78 is 42.9. The highest BCUT2D eigenvalue weighted by atomic mass is 19.4. The molecule has 0 fully saturated rings. The second-order valence-electron chi connectivity index (χ2n) is 5.39. The Balaban J connectivity index is 2.20. The van der Waals surface area contributed by atoms with E-state index in [0.717, 1.165) is 17.3 Å². The predicted molar refractivity (Wildman–Crippen MR) is 94.7 cm³/mol. The van der Waals surface area contributed by atoms with Crippen molar-refractivity contribution in [3.63, 3.8) is 0 Å². The van der Waals surface area contributed by atoms with Gasteiger partial charge in [-0.3, -0.25) is 0 Å². The van der Waals surface area contributed by atoms with Crippen molar-refractivity contribution in [3.05, 3.63) is 59.7 Å². The number of benzene rings is 2.